The summed E-state index contributed by atoms with van der Waals surface area (Å²) in [5.41, 5.74) is 3.15. The van der Waals surface area contributed by atoms with Crippen molar-refractivity contribution in [2.45, 2.75) is 13.0 Å². The molecule has 3 N–H and O–H groups in total. The highest BCUT2D eigenvalue weighted by atomic mass is 16.5. The summed E-state index contributed by atoms with van der Waals surface area (Å²) in [6, 6.07) is 9.33. The molecule has 1 aromatic carbocycles. The minimum Gasteiger partial charge on any atom is -0.462 e. The summed E-state index contributed by atoms with van der Waals surface area (Å²) >= 11 is 0. The summed E-state index contributed by atoms with van der Waals surface area (Å²) < 4.78 is 6.63. The summed E-state index contributed by atoms with van der Waals surface area (Å²) in [5, 5.41) is 25.7. The monoisotopic (exact) mass is 356 g/mol. The molecule has 0 spiro atoms. The second-order valence-corrected chi connectivity index (χ2v) is 5.64. The van der Waals surface area contributed by atoms with Gasteiger partial charge in [0.1, 0.15) is 5.56 Å². The molecular formula is C18H20N4O4. The molecule has 0 aliphatic carbocycles. The van der Waals surface area contributed by atoms with Gasteiger partial charge in [-0.25, -0.2) is 14.3 Å². The molecule has 2 aromatic heterocycles. The lowest BCUT2D eigenvalue weighted by atomic mass is 10.1. The van der Waals surface area contributed by atoms with Crippen LogP contribution in [0, 0.1) is 0 Å². The number of rotatable bonds is 7. The van der Waals surface area contributed by atoms with Crippen LogP contribution in [0.25, 0.3) is 16.9 Å². The van der Waals surface area contributed by atoms with Gasteiger partial charge in [-0.3, -0.25) is 0 Å². The van der Waals surface area contributed by atoms with E-state index in [4.69, 9.17) is 9.84 Å². The maximum atomic E-state index is 12.0. The first-order chi connectivity index (χ1) is 12.6. The number of nitrogens with one attached hydrogen (secondary N) is 1. The molecule has 8 nitrogen and oxygen atoms in total. The lowest BCUT2D eigenvalue weighted by Crippen LogP contribution is -2.22. The molecule has 0 bridgehead atoms. The van der Waals surface area contributed by atoms with E-state index in [1.807, 2.05) is 24.3 Å². The number of ether oxygens (including phenoxy) is 1. The largest absolute Gasteiger partial charge is 0.462 e. The van der Waals surface area contributed by atoms with Crippen LogP contribution in [0.5, 0.6) is 0 Å². The number of hydrogen-bond acceptors (Lipinski definition) is 7. The van der Waals surface area contributed by atoms with Gasteiger partial charge in [-0.05, 0) is 25.1 Å². The highest BCUT2D eigenvalue weighted by molar-refractivity contribution is 5.96. The van der Waals surface area contributed by atoms with E-state index in [0.717, 1.165) is 16.9 Å². The molecule has 0 amide bonds. The fraction of sp³-hybridized carbons (Fsp3) is 0.278. The van der Waals surface area contributed by atoms with Gasteiger partial charge in [-0.15, -0.1) is 0 Å². The van der Waals surface area contributed by atoms with Crippen LogP contribution >= 0.6 is 0 Å². The van der Waals surface area contributed by atoms with E-state index >= 15 is 0 Å². The van der Waals surface area contributed by atoms with E-state index < -0.39 is 12.1 Å². The topological polar surface area (TPSA) is 109 Å². The van der Waals surface area contributed by atoms with Crippen molar-refractivity contribution in [3.05, 3.63) is 48.3 Å². The second kappa shape index (κ2) is 7.94. The van der Waals surface area contributed by atoms with Crippen molar-refractivity contribution in [3.8, 4) is 11.3 Å². The van der Waals surface area contributed by atoms with Crippen LogP contribution < -0.4 is 5.32 Å². The normalized spacial score (nSPS) is 12.1. The Balaban J connectivity index is 1.94. The third-order valence-electron chi connectivity index (χ3n) is 3.81. The van der Waals surface area contributed by atoms with Crippen LogP contribution in [0.15, 0.2) is 42.7 Å². The fourth-order valence-corrected chi connectivity index (χ4v) is 2.55. The molecule has 3 rings (SSSR count). The van der Waals surface area contributed by atoms with Crippen molar-refractivity contribution >= 4 is 17.3 Å². The van der Waals surface area contributed by atoms with E-state index in [1.54, 1.807) is 23.7 Å². The zero-order chi connectivity index (χ0) is 18.5. The zero-order valence-corrected chi connectivity index (χ0v) is 14.3. The minimum atomic E-state index is -0.829. The van der Waals surface area contributed by atoms with Gasteiger partial charge in [0.2, 0.25) is 0 Å². The maximum Gasteiger partial charge on any atom is 0.343 e. The van der Waals surface area contributed by atoms with Gasteiger partial charge in [0.05, 0.1) is 31.2 Å². The second-order valence-electron chi connectivity index (χ2n) is 5.64. The Morgan fingerprint density at radius 1 is 1.38 bits per heavy atom. The first-order valence-electron chi connectivity index (χ1n) is 8.27. The van der Waals surface area contributed by atoms with E-state index in [0.29, 0.717) is 11.2 Å². The number of nitrogens with zero attached hydrogens (tertiary/aromatic N) is 3. The molecule has 2 heterocycles. The van der Waals surface area contributed by atoms with Crippen LogP contribution in [0.3, 0.4) is 0 Å². The van der Waals surface area contributed by atoms with Crippen molar-refractivity contribution in [1.29, 1.82) is 0 Å². The predicted octanol–water partition coefficient (Wildman–Crippen LogP) is 1.34. The number of aromatic nitrogens is 3. The van der Waals surface area contributed by atoms with Crippen LogP contribution in [-0.4, -0.2) is 56.6 Å². The molecule has 0 aliphatic rings. The molecule has 0 saturated heterocycles. The summed E-state index contributed by atoms with van der Waals surface area (Å²) in [5.74, 6) is -0.458. The molecule has 26 heavy (non-hydrogen) atoms. The first kappa shape index (κ1) is 17.8. The number of fused-ring (bicyclic) bond motifs is 1. The Bertz CT molecular complexity index is 909. The lowest BCUT2D eigenvalue weighted by molar-refractivity contribution is 0.0528. The van der Waals surface area contributed by atoms with Crippen LogP contribution in [0.4, 0.5) is 5.69 Å². The number of aliphatic hydroxyl groups is 2. The number of carbonyl (C=O) groups excluding carboxylic acids is 1. The average Bonchev–Trinajstić information content (AvgIpc) is 3.10. The van der Waals surface area contributed by atoms with Crippen LogP contribution in [-0.2, 0) is 4.74 Å². The third kappa shape index (κ3) is 3.66. The molecule has 3 aromatic rings. The molecule has 0 radical (unpaired) electrons. The molecular weight excluding hydrogens is 336 g/mol. The smallest absolute Gasteiger partial charge is 0.343 e. The number of benzene rings is 1. The Kier molecular flexibility index (Phi) is 5.45. The van der Waals surface area contributed by atoms with Gasteiger partial charge >= 0.3 is 5.97 Å². The summed E-state index contributed by atoms with van der Waals surface area (Å²) in [6.07, 6.45) is 2.23. The summed E-state index contributed by atoms with van der Waals surface area (Å²) in [4.78, 5) is 16.3. The number of esters is 1. The van der Waals surface area contributed by atoms with Gasteiger partial charge < -0.3 is 20.3 Å². The standard InChI is InChI=1S/C18H20N4O4/c1-2-26-18(25)15-10-21-22-16(6-7-19-17(15)22)12-4-3-5-13(8-12)20-9-14(24)11-23/h3-8,10,14,20,23-24H,2,9,11H2,1H3. The van der Waals surface area contributed by atoms with Gasteiger partial charge in [0.15, 0.2) is 5.65 Å². The minimum absolute atomic E-state index is 0.237. The number of carbonyl (C=O) groups is 1. The molecule has 8 heteroatoms. The molecule has 136 valence electrons. The van der Waals surface area contributed by atoms with Gasteiger partial charge in [0.25, 0.3) is 0 Å². The van der Waals surface area contributed by atoms with Gasteiger partial charge in [-0.1, -0.05) is 12.1 Å². The van der Waals surface area contributed by atoms with Crippen molar-refractivity contribution in [3.63, 3.8) is 0 Å². The van der Waals surface area contributed by atoms with E-state index in [-0.39, 0.29) is 19.8 Å². The molecule has 1 unspecified atom stereocenters. The number of anilines is 1. The highest BCUT2D eigenvalue weighted by Gasteiger charge is 2.17. The van der Waals surface area contributed by atoms with Crippen molar-refractivity contribution in [1.82, 2.24) is 14.6 Å². The average molecular weight is 356 g/mol. The zero-order valence-electron chi connectivity index (χ0n) is 14.3. The van der Waals surface area contributed by atoms with Crippen molar-refractivity contribution in [2.24, 2.45) is 0 Å². The molecule has 0 fully saturated rings. The summed E-state index contributed by atoms with van der Waals surface area (Å²) in [7, 11) is 0. The van der Waals surface area contributed by atoms with Crippen LogP contribution in [0.2, 0.25) is 0 Å². The van der Waals surface area contributed by atoms with Crippen molar-refractivity contribution < 1.29 is 19.7 Å². The SMILES string of the molecule is CCOC(=O)c1cnn2c(-c3cccc(NCC(O)CO)c3)ccnc12. The number of hydrogen-bond donors (Lipinski definition) is 3. The fourth-order valence-electron chi connectivity index (χ4n) is 2.55. The first-order valence-corrected chi connectivity index (χ1v) is 8.27. The van der Waals surface area contributed by atoms with Gasteiger partial charge in [-0.2, -0.15) is 5.10 Å². The Morgan fingerprint density at radius 3 is 3.00 bits per heavy atom. The maximum absolute atomic E-state index is 12.0. The van der Waals surface area contributed by atoms with Crippen LogP contribution in [0.1, 0.15) is 17.3 Å². The molecule has 0 aliphatic heterocycles. The predicted molar refractivity (Wildman–Crippen MR) is 96.0 cm³/mol. The Labute approximate surface area is 150 Å². The van der Waals surface area contributed by atoms with Gasteiger partial charge in [0, 0.05) is 24.0 Å². The Hall–Kier alpha value is -2.97. The number of aliphatic hydroxyl groups excluding tert-OH is 2. The third-order valence-corrected chi connectivity index (χ3v) is 3.81. The molecule has 1 atom stereocenters. The quantitative estimate of drug-likeness (QED) is 0.548. The van der Waals surface area contributed by atoms with E-state index in [1.165, 1.54) is 6.20 Å². The summed E-state index contributed by atoms with van der Waals surface area (Å²) in [6.45, 7) is 1.96. The van der Waals surface area contributed by atoms with Crippen molar-refractivity contribution in [2.75, 3.05) is 25.1 Å². The van der Waals surface area contributed by atoms with E-state index in [2.05, 4.69) is 15.4 Å². The molecule has 0 saturated carbocycles. The Morgan fingerprint density at radius 2 is 2.23 bits per heavy atom. The van der Waals surface area contributed by atoms with E-state index in [9.17, 15) is 9.90 Å². The lowest BCUT2D eigenvalue weighted by Gasteiger charge is -2.12. The highest BCUT2D eigenvalue weighted by Crippen LogP contribution is 2.24.